The fraction of sp³-hybridized carbons (Fsp3) is 0.417. The van der Waals surface area contributed by atoms with Crippen molar-refractivity contribution in [3.8, 4) is 5.69 Å². The number of halogens is 2. The van der Waals surface area contributed by atoms with Crippen LogP contribution in [0.4, 0.5) is 14.7 Å². The van der Waals surface area contributed by atoms with Gasteiger partial charge in [0.1, 0.15) is 5.65 Å². The monoisotopic (exact) mass is 481 g/mol. The van der Waals surface area contributed by atoms with Crippen LogP contribution < -0.4 is 4.90 Å². The molecule has 0 aromatic carbocycles. The number of hydrogen-bond acceptors (Lipinski definition) is 6. The highest BCUT2D eigenvalue weighted by atomic mass is 19.3. The van der Waals surface area contributed by atoms with Gasteiger partial charge in [0.15, 0.2) is 5.65 Å². The van der Waals surface area contributed by atoms with Crippen LogP contribution in [0.15, 0.2) is 42.9 Å². The number of carbonyl (C=O) groups excluding carboxylic acids is 1. The van der Waals surface area contributed by atoms with E-state index in [-0.39, 0.29) is 37.9 Å². The number of hydrogen-bond donors (Lipinski definition) is 0. The van der Waals surface area contributed by atoms with Crippen molar-refractivity contribution in [1.82, 2.24) is 29.0 Å². The number of aromatic nitrogens is 5. The van der Waals surface area contributed by atoms with Crippen LogP contribution in [0.3, 0.4) is 0 Å². The minimum atomic E-state index is -2.69. The van der Waals surface area contributed by atoms with Gasteiger partial charge in [0, 0.05) is 56.8 Å². The second-order valence-corrected chi connectivity index (χ2v) is 9.20. The Kier molecular flexibility index (Phi) is 5.17. The highest BCUT2D eigenvalue weighted by molar-refractivity contribution is 5.97. The molecule has 2 saturated heterocycles. The van der Waals surface area contributed by atoms with Gasteiger partial charge in [-0.2, -0.15) is 4.98 Å². The van der Waals surface area contributed by atoms with Crippen molar-refractivity contribution in [2.45, 2.75) is 31.8 Å². The van der Waals surface area contributed by atoms with Crippen LogP contribution in [0, 0.1) is 0 Å². The molecule has 0 unspecified atom stereocenters. The largest absolute Gasteiger partial charge is 0.375 e. The molecule has 0 aliphatic carbocycles. The van der Waals surface area contributed by atoms with Gasteiger partial charge < -0.3 is 14.5 Å². The summed E-state index contributed by atoms with van der Waals surface area (Å²) >= 11 is 0. The highest BCUT2D eigenvalue weighted by Gasteiger charge is 2.36. The summed E-state index contributed by atoms with van der Waals surface area (Å²) in [5.74, 6) is -2.29. The fourth-order valence-corrected chi connectivity index (χ4v) is 4.71. The van der Waals surface area contributed by atoms with Crippen molar-refractivity contribution in [3.63, 3.8) is 0 Å². The number of amides is 1. The van der Waals surface area contributed by atoms with Crippen LogP contribution in [0.2, 0.25) is 0 Å². The summed E-state index contributed by atoms with van der Waals surface area (Å²) in [4.78, 5) is 25.6. The number of carbonyl (C=O) groups is 1. The Morgan fingerprint density at radius 2 is 2.00 bits per heavy atom. The first-order valence-electron chi connectivity index (χ1n) is 11.7. The van der Waals surface area contributed by atoms with Gasteiger partial charge in [-0.15, -0.1) is 5.10 Å². The van der Waals surface area contributed by atoms with Gasteiger partial charge in [0.05, 0.1) is 30.2 Å². The first-order chi connectivity index (χ1) is 16.9. The molecule has 1 atom stereocenters. The van der Waals surface area contributed by atoms with E-state index in [1.807, 2.05) is 42.1 Å². The number of rotatable bonds is 3. The third-order valence-electron chi connectivity index (χ3n) is 6.66. The lowest BCUT2D eigenvalue weighted by Gasteiger charge is -2.31. The van der Waals surface area contributed by atoms with Gasteiger partial charge in [0.25, 0.3) is 11.8 Å². The Balaban J connectivity index is 1.26. The smallest absolute Gasteiger partial charge is 0.255 e. The summed E-state index contributed by atoms with van der Waals surface area (Å²) in [5, 5.41) is 5.45. The maximum Gasteiger partial charge on any atom is 0.255 e. The van der Waals surface area contributed by atoms with Gasteiger partial charge in [-0.05, 0) is 31.2 Å². The van der Waals surface area contributed by atoms with Crippen LogP contribution in [0.5, 0.6) is 0 Å². The van der Waals surface area contributed by atoms with Crippen molar-refractivity contribution >= 4 is 28.5 Å². The normalized spacial score (nSPS) is 20.6. The number of fused-ring (bicyclic) bond motifs is 2. The van der Waals surface area contributed by atoms with Crippen LogP contribution in [-0.2, 0) is 4.74 Å². The fourth-order valence-electron chi connectivity index (χ4n) is 4.71. The molecule has 0 saturated carbocycles. The zero-order chi connectivity index (χ0) is 24.2. The van der Waals surface area contributed by atoms with Crippen molar-refractivity contribution < 1.29 is 18.3 Å². The van der Waals surface area contributed by atoms with Gasteiger partial charge >= 0.3 is 0 Å². The molecule has 4 aromatic heterocycles. The molecule has 6 rings (SSSR count). The Bertz CT molecular complexity index is 1410. The molecule has 9 nitrogen and oxygen atoms in total. The minimum absolute atomic E-state index is 0.0498. The molecule has 35 heavy (non-hydrogen) atoms. The zero-order valence-corrected chi connectivity index (χ0v) is 19.3. The summed E-state index contributed by atoms with van der Waals surface area (Å²) in [6.45, 7) is 4.28. The summed E-state index contributed by atoms with van der Waals surface area (Å²) in [6.07, 6.45) is 4.82. The third kappa shape index (κ3) is 4.09. The molecular weight excluding hydrogens is 456 g/mol. The summed E-state index contributed by atoms with van der Waals surface area (Å²) in [5.41, 5.74) is 2.68. The molecule has 0 bridgehead atoms. The van der Waals surface area contributed by atoms with Crippen LogP contribution in [-0.4, -0.2) is 79.8 Å². The molecule has 2 aliphatic rings. The van der Waals surface area contributed by atoms with Crippen LogP contribution in [0.25, 0.3) is 22.4 Å². The molecule has 4 aromatic rings. The molecule has 6 heterocycles. The topological polar surface area (TPSA) is 80.8 Å². The van der Waals surface area contributed by atoms with E-state index in [2.05, 4.69) is 20.0 Å². The van der Waals surface area contributed by atoms with Crippen molar-refractivity contribution in [1.29, 1.82) is 0 Å². The van der Waals surface area contributed by atoms with E-state index in [1.165, 1.54) is 11.1 Å². The van der Waals surface area contributed by atoms with E-state index in [4.69, 9.17) is 4.74 Å². The number of piperidine rings is 1. The lowest BCUT2D eigenvalue weighted by Crippen LogP contribution is -2.42. The molecule has 0 spiro atoms. The SMILES string of the molecule is C[C@H]1CN(c2nc3ccc(-n4ccc5cc(C(=O)N6CCC(F)(F)CC6)cnc54)cn3n2)CCO1. The average Bonchev–Trinajstić information content (AvgIpc) is 3.47. The lowest BCUT2D eigenvalue weighted by molar-refractivity contribution is -0.0494. The van der Waals surface area contributed by atoms with E-state index in [0.29, 0.717) is 23.8 Å². The quantitative estimate of drug-likeness (QED) is 0.447. The average molecular weight is 482 g/mol. The zero-order valence-electron chi connectivity index (χ0n) is 19.3. The number of anilines is 1. The summed E-state index contributed by atoms with van der Waals surface area (Å²) < 4.78 is 36.2. The maximum atomic E-state index is 13.5. The molecule has 1 amide bonds. The number of alkyl halides is 2. The molecule has 2 fully saturated rings. The molecular formula is C24H25F2N7O2. The Morgan fingerprint density at radius 3 is 2.80 bits per heavy atom. The Labute approximate surface area is 199 Å². The van der Waals surface area contributed by atoms with Crippen molar-refractivity contribution in [3.05, 3.63) is 48.4 Å². The second-order valence-electron chi connectivity index (χ2n) is 9.20. The number of morpholine rings is 1. The second kappa shape index (κ2) is 8.26. The minimum Gasteiger partial charge on any atom is -0.375 e. The van der Waals surface area contributed by atoms with E-state index < -0.39 is 5.92 Å². The Hall–Kier alpha value is -3.60. The predicted octanol–water partition coefficient (Wildman–Crippen LogP) is 3.16. The van der Waals surface area contributed by atoms with Crippen LogP contribution >= 0.6 is 0 Å². The first-order valence-corrected chi connectivity index (χ1v) is 11.7. The van der Waals surface area contributed by atoms with E-state index in [0.717, 1.165) is 29.8 Å². The van der Waals surface area contributed by atoms with E-state index >= 15 is 0 Å². The van der Waals surface area contributed by atoms with Gasteiger partial charge in [0.2, 0.25) is 5.95 Å². The number of nitrogens with zero attached hydrogens (tertiary/aromatic N) is 7. The number of likely N-dealkylation sites (tertiary alicyclic amines) is 1. The Morgan fingerprint density at radius 1 is 1.17 bits per heavy atom. The number of ether oxygens (including phenoxy) is 1. The maximum absolute atomic E-state index is 13.5. The summed E-state index contributed by atoms with van der Waals surface area (Å²) in [7, 11) is 0. The van der Waals surface area contributed by atoms with E-state index in [1.54, 1.807) is 10.6 Å². The van der Waals surface area contributed by atoms with Crippen molar-refractivity contribution in [2.75, 3.05) is 37.7 Å². The van der Waals surface area contributed by atoms with Gasteiger partial charge in [-0.25, -0.2) is 18.3 Å². The highest BCUT2D eigenvalue weighted by Crippen LogP contribution is 2.29. The third-order valence-corrected chi connectivity index (χ3v) is 6.66. The molecule has 0 N–H and O–H groups in total. The molecule has 2 aliphatic heterocycles. The van der Waals surface area contributed by atoms with Gasteiger partial charge in [-0.3, -0.25) is 9.36 Å². The van der Waals surface area contributed by atoms with Gasteiger partial charge in [-0.1, -0.05) is 0 Å². The first kappa shape index (κ1) is 21.9. The van der Waals surface area contributed by atoms with E-state index in [9.17, 15) is 13.6 Å². The number of pyridine rings is 2. The summed E-state index contributed by atoms with van der Waals surface area (Å²) in [6, 6.07) is 7.50. The molecule has 11 heteroatoms. The predicted molar refractivity (Wildman–Crippen MR) is 125 cm³/mol. The molecule has 0 radical (unpaired) electrons. The molecule has 182 valence electrons. The van der Waals surface area contributed by atoms with Crippen molar-refractivity contribution in [2.24, 2.45) is 0 Å². The van der Waals surface area contributed by atoms with Crippen LogP contribution in [0.1, 0.15) is 30.1 Å². The standard InChI is InChI=1S/C24H25F2N7O2/c1-16-14-31(10-11-35-16)23-28-20-3-2-19(15-33(20)29-23)32-7-4-17-12-18(13-27-21(17)32)22(34)30-8-5-24(25,26)6-9-30/h2-4,7,12-13,15-16H,5-6,8-11,14H2,1H3/t16-/m0/s1. The lowest BCUT2D eigenvalue weighted by atomic mass is 10.1.